The summed E-state index contributed by atoms with van der Waals surface area (Å²) in [6.45, 7) is 4.03. The number of hydrogen-bond acceptors (Lipinski definition) is 3. The molecule has 1 aromatic carbocycles. The second kappa shape index (κ2) is 6.27. The van der Waals surface area contributed by atoms with Crippen LogP contribution >= 0.6 is 0 Å². The molecule has 0 aliphatic heterocycles. The number of carbonyl (C=O) groups excluding carboxylic acids is 1. The molecule has 1 saturated carbocycles. The third-order valence-corrected chi connectivity index (χ3v) is 4.09. The Morgan fingerprint density at radius 3 is 2.65 bits per heavy atom. The Kier molecular flexibility index (Phi) is 4.65. The van der Waals surface area contributed by atoms with Crippen LogP contribution in [0.1, 0.15) is 38.2 Å². The summed E-state index contributed by atoms with van der Waals surface area (Å²) in [5, 5.41) is 3.37. The standard InChI is InChI=1S/C16H24N2O2/c1-10(2)15(16(17)19)18-13-7-12(8-13)11-5-4-6-14(9-11)20-3/h4-6,9-10,12-13,15,18H,7-8H2,1-3H3,(H2,17,19). The van der Waals surface area contributed by atoms with Crippen molar-refractivity contribution in [1.82, 2.24) is 5.32 Å². The van der Waals surface area contributed by atoms with Gasteiger partial charge in [0.2, 0.25) is 5.91 Å². The summed E-state index contributed by atoms with van der Waals surface area (Å²) in [6.07, 6.45) is 2.09. The van der Waals surface area contributed by atoms with Crippen molar-refractivity contribution in [2.24, 2.45) is 11.7 Å². The van der Waals surface area contributed by atoms with Crippen LogP contribution in [0.4, 0.5) is 0 Å². The fourth-order valence-electron chi connectivity index (χ4n) is 2.78. The number of rotatable bonds is 6. The lowest BCUT2D eigenvalue weighted by Crippen LogP contribution is -2.53. The molecule has 1 unspecified atom stereocenters. The van der Waals surface area contributed by atoms with Crippen LogP contribution in [-0.4, -0.2) is 25.1 Å². The van der Waals surface area contributed by atoms with Crippen molar-refractivity contribution in [2.45, 2.75) is 44.7 Å². The Hall–Kier alpha value is -1.55. The van der Waals surface area contributed by atoms with Gasteiger partial charge in [-0.2, -0.15) is 0 Å². The summed E-state index contributed by atoms with van der Waals surface area (Å²) < 4.78 is 5.25. The number of nitrogens with one attached hydrogen (secondary N) is 1. The maximum atomic E-state index is 11.4. The number of ether oxygens (including phenoxy) is 1. The van der Waals surface area contributed by atoms with E-state index in [1.807, 2.05) is 26.0 Å². The van der Waals surface area contributed by atoms with Gasteiger partial charge in [0, 0.05) is 6.04 Å². The summed E-state index contributed by atoms with van der Waals surface area (Å²) in [7, 11) is 1.68. The molecule has 1 amide bonds. The molecule has 4 heteroatoms. The SMILES string of the molecule is COc1cccc(C2CC(NC(C(N)=O)C(C)C)C2)c1. The molecule has 4 nitrogen and oxygen atoms in total. The number of methoxy groups -OCH3 is 1. The zero-order valence-electron chi connectivity index (χ0n) is 12.4. The molecule has 0 radical (unpaired) electrons. The van der Waals surface area contributed by atoms with Gasteiger partial charge in [-0.1, -0.05) is 26.0 Å². The van der Waals surface area contributed by atoms with Crippen molar-refractivity contribution in [1.29, 1.82) is 0 Å². The highest BCUT2D eigenvalue weighted by Crippen LogP contribution is 2.38. The summed E-state index contributed by atoms with van der Waals surface area (Å²) in [5.41, 5.74) is 6.74. The average Bonchev–Trinajstić information content (AvgIpc) is 2.36. The summed E-state index contributed by atoms with van der Waals surface area (Å²) in [4.78, 5) is 11.4. The van der Waals surface area contributed by atoms with E-state index >= 15 is 0 Å². The summed E-state index contributed by atoms with van der Waals surface area (Å²) in [6, 6.07) is 8.36. The van der Waals surface area contributed by atoms with Crippen LogP contribution in [0.25, 0.3) is 0 Å². The summed E-state index contributed by atoms with van der Waals surface area (Å²) in [5.74, 6) is 1.41. The van der Waals surface area contributed by atoms with Crippen molar-refractivity contribution in [3.8, 4) is 5.75 Å². The van der Waals surface area contributed by atoms with Crippen molar-refractivity contribution in [2.75, 3.05) is 7.11 Å². The average molecular weight is 276 g/mol. The maximum Gasteiger partial charge on any atom is 0.234 e. The fourth-order valence-corrected chi connectivity index (χ4v) is 2.78. The zero-order valence-corrected chi connectivity index (χ0v) is 12.4. The van der Waals surface area contributed by atoms with Crippen molar-refractivity contribution in [3.63, 3.8) is 0 Å². The Balaban J connectivity index is 1.89. The van der Waals surface area contributed by atoms with E-state index in [0.717, 1.165) is 18.6 Å². The van der Waals surface area contributed by atoms with Crippen LogP contribution < -0.4 is 15.8 Å². The second-order valence-electron chi connectivity index (χ2n) is 5.93. The van der Waals surface area contributed by atoms with Gasteiger partial charge in [-0.25, -0.2) is 0 Å². The first kappa shape index (κ1) is 14.9. The van der Waals surface area contributed by atoms with Crippen molar-refractivity contribution < 1.29 is 9.53 Å². The molecule has 20 heavy (non-hydrogen) atoms. The smallest absolute Gasteiger partial charge is 0.234 e. The van der Waals surface area contributed by atoms with Gasteiger partial charge in [0.15, 0.2) is 0 Å². The van der Waals surface area contributed by atoms with Gasteiger partial charge in [0.1, 0.15) is 5.75 Å². The lowest BCUT2D eigenvalue weighted by molar-refractivity contribution is -0.121. The molecule has 1 aliphatic carbocycles. The van der Waals surface area contributed by atoms with Crippen LogP contribution in [0, 0.1) is 5.92 Å². The molecule has 1 aliphatic rings. The zero-order chi connectivity index (χ0) is 14.7. The van der Waals surface area contributed by atoms with E-state index in [4.69, 9.17) is 10.5 Å². The maximum absolute atomic E-state index is 11.4. The Morgan fingerprint density at radius 2 is 2.10 bits per heavy atom. The topological polar surface area (TPSA) is 64.3 Å². The fraction of sp³-hybridized carbons (Fsp3) is 0.562. The highest BCUT2D eigenvalue weighted by Gasteiger charge is 2.33. The molecule has 3 N–H and O–H groups in total. The van der Waals surface area contributed by atoms with Crippen LogP contribution in [0.15, 0.2) is 24.3 Å². The Bertz CT molecular complexity index is 467. The molecular weight excluding hydrogens is 252 g/mol. The van der Waals surface area contributed by atoms with Crippen LogP contribution in [0.2, 0.25) is 0 Å². The van der Waals surface area contributed by atoms with Gasteiger partial charge >= 0.3 is 0 Å². The van der Waals surface area contributed by atoms with Gasteiger partial charge in [0.05, 0.1) is 13.2 Å². The highest BCUT2D eigenvalue weighted by atomic mass is 16.5. The number of hydrogen-bond donors (Lipinski definition) is 2. The van der Waals surface area contributed by atoms with Crippen LogP contribution in [-0.2, 0) is 4.79 Å². The van der Waals surface area contributed by atoms with E-state index in [1.54, 1.807) is 7.11 Å². The number of benzene rings is 1. The molecule has 0 aromatic heterocycles. The third-order valence-electron chi connectivity index (χ3n) is 4.09. The number of nitrogens with two attached hydrogens (primary N) is 1. The first-order chi connectivity index (χ1) is 9.51. The first-order valence-corrected chi connectivity index (χ1v) is 7.20. The summed E-state index contributed by atoms with van der Waals surface area (Å²) >= 11 is 0. The van der Waals surface area contributed by atoms with E-state index in [1.165, 1.54) is 5.56 Å². The minimum Gasteiger partial charge on any atom is -0.497 e. The lowest BCUT2D eigenvalue weighted by Gasteiger charge is -2.39. The third kappa shape index (κ3) is 3.31. The Morgan fingerprint density at radius 1 is 1.40 bits per heavy atom. The van der Waals surface area contributed by atoms with E-state index in [0.29, 0.717) is 12.0 Å². The molecule has 1 fully saturated rings. The quantitative estimate of drug-likeness (QED) is 0.835. The Labute approximate surface area is 120 Å². The molecule has 0 saturated heterocycles. The minimum atomic E-state index is -0.259. The molecule has 0 bridgehead atoms. The lowest BCUT2D eigenvalue weighted by atomic mass is 9.75. The van der Waals surface area contributed by atoms with Crippen molar-refractivity contribution in [3.05, 3.63) is 29.8 Å². The molecule has 0 spiro atoms. The van der Waals surface area contributed by atoms with E-state index in [9.17, 15) is 4.79 Å². The van der Waals surface area contributed by atoms with E-state index in [-0.39, 0.29) is 17.9 Å². The molecule has 2 rings (SSSR count). The minimum absolute atomic E-state index is 0.225. The largest absolute Gasteiger partial charge is 0.497 e. The van der Waals surface area contributed by atoms with Crippen LogP contribution in [0.3, 0.4) is 0 Å². The van der Waals surface area contributed by atoms with Crippen LogP contribution in [0.5, 0.6) is 5.75 Å². The molecule has 1 aromatic rings. The normalized spacial score (nSPS) is 23.2. The predicted octanol–water partition coefficient (Wildman–Crippen LogP) is 2.04. The number of carbonyl (C=O) groups is 1. The number of amides is 1. The van der Waals surface area contributed by atoms with Gasteiger partial charge in [-0.15, -0.1) is 0 Å². The van der Waals surface area contributed by atoms with Gasteiger partial charge in [-0.3, -0.25) is 4.79 Å². The first-order valence-electron chi connectivity index (χ1n) is 7.20. The number of primary amides is 1. The molecule has 110 valence electrons. The highest BCUT2D eigenvalue weighted by molar-refractivity contribution is 5.80. The molecule has 0 heterocycles. The van der Waals surface area contributed by atoms with Gasteiger partial charge < -0.3 is 15.8 Å². The van der Waals surface area contributed by atoms with Gasteiger partial charge in [0.25, 0.3) is 0 Å². The predicted molar refractivity (Wildman–Crippen MR) is 79.7 cm³/mol. The van der Waals surface area contributed by atoms with E-state index in [2.05, 4.69) is 17.4 Å². The molecular formula is C16H24N2O2. The molecule has 1 atom stereocenters. The van der Waals surface area contributed by atoms with Gasteiger partial charge in [-0.05, 0) is 42.4 Å². The van der Waals surface area contributed by atoms with E-state index < -0.39 is 0 Å². The van der Waals surface area contributed by atoms with Crippen molar-refractivity contribution >= 4 is 5.91 Å². The second-order valence-corrected chi connectivity index (χ2v) is 5.93. The monoisotopic (exact) mass is 276 g/mol.